The Labute approximate surface area is 74.7 Å². The molecule has 0 saturated heterocycles. The van der Waals surface area contributed by atoms with Crippen molar-refractivity contribution in [1.82, 2.24) is 15.0 Å². The lowest BCUT2D eigenvalue weighted by Crippen LogP contribution is -2.13. The summed E-state index contributed by atoms with van der Waals surface area (Å²) >= 11 is 0. The number of anilines is 1. The van der Waals surface area contributed by atoms with Gasteiger partial charge in [-0.25, -0.2) is 13.5 Å². The van der Waals surface area contributed by atoms with Crippen LogP contribution in [0.1, 0.15) is 25.5 Å². The monoisotopic (exact) mass is 190 g/mol. The van der Waals surface area contributed by atoms with Gasteiger partial charge in [0, 0.05) is 0 Å². The van der Waals surface area contributed by atoms with Crippen LogP contribution >= 0.6 is 0 Å². The van der Waals surface area contributed by atoms with E-state index in [-0.39, 0.29) is 11.7 Å². The van der Waals surface area contributed by atoms with E-state index in [1.165, 1.54) is 0 Å². The molecule has 0 unspecified atom stereocenters. The van der Waals surface area contributed by atoms with E-state index in [0.29, 0.717) is 5.69 Å². The van der Waals surface area contributed by atoms with Crippen LogP contribution in [-0.4, -0.2) is 21.4 Å². The van der Waals surface area contributed by atoms with Crippen LogP contribution in [0.2, 0.25) is 0 Å². The molecular formula is C7H12F2N4. The normalized spacial score (nSPS) is 11.5. The Morgan fingerprint density at radius 3 is 2.54 bits per heavy atom. The number of halogens is 2. The third-order valence-electron chi connectivity index (χ3n) is 1.66. The molecule has 0 aliphatic rings. The van der Waals surface area contributed by atoms with Crippen molar-refractivity contribution in [2.24, 2.45) is 0 Å². The molecule has 1 rings (SSSR count). The number of rotatable bonds is 3. The minimum atomic E-state index is -2.43. The van der Waals surface area contributed by atoms with Crippen LogP contribution in [0.25, 0.3) is 0 Å². The van der Waals surface area contributed by atoms with Gasteiger partial charge in [-0.15, -0.1) is 5.10 Å². The molecule has 0 fully saturated rings. The van der Waals surface area contributed by atoms with Crippen LogP contribution in [-0.2, 0) is 6.54 Å². The van der Waals surface area contributed by atoms with Crippen LogP contribution in [0.3, 0.4) is 0 Å². The van der Waals surface area contributed by atoms with Gasteiger partial charge in [0.1, 0.15) is 6.54 Å². The Bertz CT molecular complexity index is 282. The van der Waals surface area contributed by atoms with E-state index in [9.17, 15) is 8.78 Å². The zero-order valence-electron chi connectivity index (χ0n) is 7.54. The minimum Gasteiger partial charge on any atom is -0.381 e. The number of nitrogens with zero attached hydrogens (tertiary/aromatic N) is 3. The first-order valence-corrected chi connectivity index (χ1v) is 3.99. The molecule has 0 bridgehead atoms. The van der Waals surface area contributed by atoms with Crippen LogP contribution in [0, 0.1) is 0 Å². The Morgan fingerprint density at radius 1 is 1.46 bits per heavy atom. The number of hydrogen-bond acceptors (Lipinski definition) is 3. The maximum atomic E-state index is 12.0. The standard InChI is InChI=1S/C7H12F2N4/c1-4(2)6-7(10)11-12-13(6)3-5(8)9/h4-5H,3,10H2,1-2H3. The van der Waals surface area contributed by atoms with Gasteiger partial charge in [0.25, 0.3) is 6.43 Å². The van der Waals surface area contributed by atoms with Gasteiger partial charge in [-0.2, -0.15) is 0 Å². The molecule has 1 heterocycles. The van der Waals surface area contributed by atoms with E-state index in [4.69, 9.17) is 5.73 Å². The summed E-state index contributed by atoms with van der Waals surface area (Å²) in [5.74, 6) is 0.282. The third-order valence-corrected chi connectivity index (χ3v) is 1.66. The number of alkyl halides is 2. The van der Waals surface area contributed by atoms with E-state index < -0.39 is 13.0 Å². The van der Waals surface area contributed by atoms with Gasteiger partial charge >= 0.3 is 0 Å². The van der Waals surface area contributed by atoms with Crippen molar-refractivity contribution in [1.29, 1.82) is 0 Å². The quantitative estimate of drug-likeness (QED) is 0.780. The lowest BCUT2D eigenvalue weighted by molar-refractivity contribution is 0.119. The van der Waals surface area contributed by atoms with Crippen molar-refractivity contribution < 1.29 is 8.78 Å². The highest BCUT2D eigenvalue weighted by molar-refractivity contribution is 5.35. The van der Waals surface area contributed by atoms with Gasteiger partial charge in [0.15, 0.2) is 5.82 Å². The second-order valence-corrected chi connectivity index (χ2v) is 3.09. The predicted octanol–water partition coefficient (Wildman–Crippen LogP) is 1.25. The summed E-state index contributed by atoms with van der Waals surface area (Å²) in [5.41, 5.74) is 6.05. The minimum absolute atomic E-state index is 0.0498. The van der Waals surface area contributed by atoms with E-state index >= 15 is 0 Å². The topological polar surface area (TPSA) is 56.7 Å². The maximum absolute atomic E-state index is 12.0. The molecular weight excluding hydrogens is 178 g/mol. The molecule has 0 aromatic carbocycles. The van der Waals surface area contributed by atoms with Crippen LogP contribution in [0.4, 0.5) is 14.6 Å². The smallest absolute Gasteiger partial charge is 0.257 e. The van der Waals surface area contributed by atoms with Gasteiger partial charge in [-0.1, -0.05) is 19.1 Å². The Balaban J connectivity index is 2.94. The van der Waals surface area contributed by atoms with Crippen molar-refractivity contribution in [3.63, 3.8) is 0 Å². The highest BCUT2D eigenvalue weighted by Crippen LogP contribution is 2.19. The van der Waals surface area contributed by atoms with Crippen molar-refractivity contribution in [2.45, 2.75) is 32.7 Å². The zero-order valence-corrected chi connectivity index (χ0v) is 7.54. The molecule has 6 heteroatoms. The van der Waals surface area contributed by atoms with Gasteiger partial charge in [0.2, 0.25) is 0 Å². The first kappa shape index (κ1) is 9.88. The van der Waals surface area contributed by atoms with Crippen LogP contribution in [0.15, 0.2) is 0 Å². The average molecular weight is 190 g/mol. The molecule has 0 aliphatic carbocycles. The summed E-state index contributed by atoms with van der Waals surface area (Å²) in [4.78, 5) is 0. The molecule has 1 aromatic heterocycles. The summed E-state index contributed by atoms with van der Waals surface area (Å²) in [6.45, 7) is 3.27. The molecule has 0 spiro atoms. The van der Waals surface area contributed by atoms with Gasteiger partial charge in [-0.3, -0.25) is 0 Å². The van der Waals surface area contributed by atoms with Gasteiger partial charge in [-0.05, 0) is 5.92 Å². The first-order valence-electron chi connectivity index (χ1n) is 3.99. The van der Waals surface area contributed by atoms with Crippen molar-refractivity contribution in [3.8, 4) is 0 Å². The fourth-order valence-corrected chi connectivity index (χ4v) is 1.19. The maximum Gasteiger partial charge on any atom is 0.257 e. The van der Waals surface area contributed by atoms with Crippen molar-refractivity contribution >= 4 is 5.82 Å². The predicted molar refractivity (Wildman–Crippen MR) is 44.5 cm³/mol. The molecule has 0 aliphatic heterocycles. The first-order chi connectivity index (χ1) is 6.02. The molecule has 0 radical (unpaired) electrons. The van der Waals surface area contributed by atoms with E-state index in [1.54, 1.807) is 0 Å². The molecule has 13 heavy (non-hydrogen) atoms. The highest BCUT2D eigenvalue weighted by Gasteiger charge is 2.16. The molecule has 0 amide bonds. The van der Waals surface area contributed by atoms with Gasteiger partial charge < -0.3 is 5.73 Å². The lowest BCUT2D eigenvalue weighted by Gasteiger charge is -2.08. The molecule has 1 aromatic rings. The highest BCUT2D eigenvalue weighted by atomic mass is 19.3. The second kappa shape index (κ2) is 3.68. The Hall–Kier alpha value is -1.20. The van der Waals surface area contributed by atoms with Crippen LogP contribution < -0.4 is 5.73 Å². The van der Waals surface area contributed by atoms with Crippen molar-refractivity contribution in [2.75, 3.05) is 5.73 Å². The number of hydrogen-bond donors (Lipinski definition) is 1. The zero-order chi connectivity index (χ0) is 10.0. The third kappa shape index (κ3) is 2.13. The summed E-state index contributed by atoms with van der Waals surface area (Å²) in [5, 5.41) is 7.09. The fourth-order valence-electron chi connectivity index (χ4n) is 1.19. The molecule has 2 N–H and O–H groups in total. The van der Waals surface area contributed by atoms with E-state index in [2.05, 4.69) is 10.3 Å². The largest absolute Gasteiger partial charge is 0.381 e. The Morgan fingerprint density at radius 2 is 2.08 bits per heavy atom. The van der Waals surface area contributed by atoms with E-state index in [1.807, 2.05) is 13.8 Å². The number of nitrogen functional groups attached to an aromatic ring is 1. The summed E-state index contributed by atoms with van der Waals surface area (Å²) in [6.07, 6.45) is -2.43. The summed E-state index contributed by atoms with van der Waals surface area (Å²) in [7, 11) is 0. The molecule has 0 atom stereocenters. The van der Waals surface area contributed by atoms with Crippen molar-refractivity contribution in [3.05, 3.63) is 5.69 Å². The fraction of sp³-hybridized carbons (Fsp3) is 0.714. The number of nitrogens with two attached hydrogens (primary N) is 1. The molecule has 0 saturated carbocycles. The van der Waals surface area contributed by atoms with E-state index in [0.717, 1.165) is 4.68 Å². The summed E-state index contributed by atoms with van der Waals surface area (Å²) < 4.78 is 25.2. The Kier molecular flexibility index (Phi) is 2.79. The van der Waals surface area contributed by atoms with Crippen LogP contribution in [0.5, 0.6) is 0 Å². The second-order valence-electron chi connectivity index (χ2n) is 3.09. The van der Waals surface area contributed by atoms with Gasteiger partial charge in [0.05, 0.1) is 5.69 Å². The molecule has 4 nitrogen and oxygen atoms in total. The number of aromatic nitrogens is 3. The average Bonchev–Trinajstić information content (AvgIpc) is 2.30. The summed E-state index contributed by atoms with van der Waals surface area (Å²) in [6, 6.07) is 0. The molecule has 74 valence electrons. The lowest BCUT2D eigenvalue weighted by atomic mass is 10.1. The SMILES string of the molecule is CC(C)c1c(N)nnn1CC(F)F.